The van der Waals surface area contributed by atoms with Crippen LogP contribution < -0.4 is 4.90 Å². The van der Waals surface area contributed by atoms with E-state index in [1.807, 2.05) is 13.0 Å². The zero-order chi connectivity index (χ0) is 15.4. The highest BCUT2D eigenvalue weighted by molar-refractivity contribution is 9.08. The molecule has 2 aromatic rings. The summed E-state index contributed by atoms with van der Waals surface area (Å²) in [6.07, 6.45) is 0. The van der Waals surface area contributed by atoms with Crippen LogP contribution in [-0.4, -0.2) is 11.5 Å². The zero-order valence-corrected chi connectivity index (χ0v) is 13.0. The molecule has 0 heterocycles. The Morgan fingerprint density at radius 2 is 1.90 bits per heavy atom. The van der Waals surface area contributed by atoms with Gasteiger partial charge in [0.1, 0.15) is 11.5 Å². The minimum Gasteiger partial charge on any atom is -0.336 e. The van der Waals surface area contributed by atoms with Gasteiger partial charge in [0.15, 0.2) is 0 Å². The number of nitrogens with zero attached hydrogens (tertiary/aromatic N) is 2. The Labute approximate surface area is 130 Å². The van der Waals surface area contributed by atoms with E-state index in [1.165, 1.54) is 12.1 Å². The van der Waals surface area contributed by atoms with Gasteiger partial charge in [-0.25, -0.2) is 4.39 Å². The molecule has 6 heteroatoms. The number of alkyl halides is 1. The molecule has 0 aliphatic rings. The molecule has 110 valence electrons. The van der Waals surface area contributed by atoms with Crippen molar-refractivity contribution >= 4 is 33.0 Å². The molecule has 0 spiro atoms. The van der Waals surface area contributed by atoms with Crippen molar-refractivity contribution in [2.24, 2.45) is 0 Å². The maximum Gasteiger partial charge on any atom is 0.293 e. The number of hydrogen-bond donors (Lipinski definition) is 0. The van der Waals surface area contributed by atoms with E-state index < -0.39 is 4.92 Å². The predicted molar refractivity (Wildman–Crippen MR) is 84.8 cm³/mol. The summed E-state index contributed by atoms with van der Waals surface area (Å²) in [5.41, 5.74) is 2.09. The number of halogens is 2. The SMILES string of the molecule is CCN(c1ccc(F)cc1)c1ccc(CBr)cc1[N+](=O)[O-]. The number of anilines is 2. The number of nitro groups is 1. The van der Waals surface area contributed by atoms with Gasteiger partial charge in [-0.3, -0.25) is 10.1 Å². The summed E-state index contributed by atoms with van der Waals surface area (Å²) < 4.78 is 13.0. The molecule has 0 aliphatic carbocycles. The monoisotopic (exact) mass is 352 g/mol. The maximum atomic E-state index is 13.0. The Bertz CT molecular complexity index is 647. The standard InChI is InChI=1S/C15H14BrFN2O2/c1-2-18(13-6-4-12(17)5-7-13)14-8-3-11(10-16)9-15(14)19(20)21/h3-9H,2,10H2,1H3. The molecule has 0 radical (unpaired) electrons. The summed E-state index contributed by atoms with van der Waals surface area (Å²) in [5, 5.41) is 11.9. The zero-order valence-electron chi connectivity index (χ0n) is 11.4. The minimum atomic E-state index is -0.395. The number of benzene rings is 2. The number of rotatable bonds is 5. The molecule has 0 N–H and O–H groups in total. The molecule has 0 aliphatic heterocycles. The molecule has 2 rings (SSSR count). The first-order valence-corrected chi connectivity index (χ1v) is 7.55. The van der Waals surface area contributed by atoms with E-state index in [1.54, 1.807) is 29.2 Å². The van der Waals surface area contributed by atoms with Crippen LogP contribution in [0.3, 0.4) is 0 Å². The molecular formula is C15H14BrFN2O2. The van der Waals surface area contributed by atoms with Crippen LogP contribution >= 0.6 is 15.9 Å². The van der Waals surface area contributed by atoms with E-state index in [0.717, 1.165) is 5.56 Å². The highest BCUT2D eigenvalue weighted by atomic mass is 79.9. The van der Waals surface area contributed by atoms with Crippen LogP contribution in [0, 0.1) is 15.9 Å². The lowest BCUT2D eigenvalue weighted by molar-refractivity contribution is -0.384. The second kappa shape index (κ2) is 6.67. The molecule has 0 unspecified atom stereocenters. The topological polar surface area (TPSA) is 46.4 Å². The molecule has 0 saturated heterocycles. The average molecular weight is 353 g/mol. The van der Waals surface area contributed by atoms with Crippen molar-refractivity contribution in [2.45, 2.75) is 12.3 Å². The predicted octanol–water partition coefficient (Wildman–Crippen LogP) is 4.79. The maximum absolute atomic E-state index is 13.0. The quantitative estimate of drug-likeness (QED) is 0.441. The minimum absolute atomic E-state index is 0.0399. The van der Waals surface area contributed by atoms with Crippen molar-refractivity contribution in [1.82, 2.24) is 0 Å². The third-order valence-corrected chi connectivity index (χ3v) is 3.78. The van der Waals surface area contributed by atoms with Crippen molar-refractivity contribution in [3.63, 3.8) is 0 Å². The van der Waals surface area contributed by atoms with Crippen LogP contribution in [0.2, 0.25) is 0 Å². The summed E-state index contributed by atoms with van der Waals surface area (Å²) in [6.45, 7) is 2.44. The summed E-state index contributed by atoms with van der Waals surface area (Å²) in [5.74, 6) is -0.334. The lowest BCUT2D eigenvalue weighted by atomic mass is 10.1. The van der Waals surface area contributed by atoms with Gasteiger partial charge in [0.25, 0.3) is 5.69 Å². The Kier molecular flexibility index (Phi) is 4.90. The lowest BCUT2D eigenvalue weighted by Crippen LogP contribution is -2.17. The molecule has 0 bridgehead atoms. The second-order valence-corrected chi connectivity index (χ2v) is 5.00. The molecule has 0 amide bonds. The highest BCUT2D eigenvalue weighted by Gasteiger charge is 2.20. The van der Waals surface area contributed by atoms with E-state index in [0.29, 0.717) is 23.2 Å². The van der Waals surface area contributed by atoms with E-state index in [-0.39, 0.29) is 11.5 Å². The third-order valence-electron chi connectivity index (χ3n) is 3.14. The third kappa shape index (κ3) is 3.39. The van der Waals surface area contributed by atoms with Crippen LogP contribution in [0.1, 0.15) is 12.5 Å². The Morgan fingerprint density at radius 3 is 2.43 bits per heavy atom. The molecule has 4 nitrogen and oxygen atoms in total. The first-order valence-electron chi connectivity index (χ1n) is 6.43. The van der Waals surface area contributed by atoms with E-state index in [9.17, 15) is 14.5 Å². The fourth-order valence-electron chi connectivity index (χ4n) is 2.14. The second-order valence-electron chi connectivity index (χ2n) is 4.43. The fourth-order valence-corrected chi connectivity index (χ4v) is 2.49. The lowest BCUT2D eigenvalue weighted by Gasteiger charge is -2.23. The Morgan fingerprint density at radius 1 is 1.24 bits per heavy atom. The van der Waals surface area contributed by atoms with Gasteiger partial charge in [-0.1, -0.05) is 22.0 Å². The van der Waals surface area contributed by atoms with Gasteiger partial charge in [0, 0.05) is 23.6 Å². The van der Waals surface area contributed by atoms with Gasteiger partial charge in [-0.15, -0.1) is 0 Å². The van der Waals surface area contributed by atoms with Gasteiger partial charge >= 0.3 is 0 Å². The summed E-state index contributed by atoms with van der Waals surface area (Å²) in [6, 6.07) is 11.0. The summed E-state index contributed by atoms with van der Waals surface area (Å²) in [4.78, 5) is 12.7. The smallest absolute Gasteiger partial charge is 0.293 e. The summed E-state index contributed by atoms with van der Waals surface area (Å²) in [7, 11) is 0. The van der Waals surface area contributed by atoms with E-state index in [4.69, 9.17) is 0 Å². The fraction of sp³-hybridized carbons (Fsp3) is 0.200. The van der Waals surface area contributed by atoms with Crippen molar-refractivity contribution in [3.8, 4) is 0 Å². The summed E-state index contributed by atoms with van der Waals surface area (Å²) >= 11 is 3.29. The average Bonchev–Trinajstić information content (AvgIpc) is 2.50. The van der Waals surface area contributed by atoms with Gasteiger partial charge in [0.05, 0.1) is 4.92 Å². The molecule has 0 atom stereocenters. The van der Waals surface area contributed by atoms with E-state index in [2.05, 4.69) is 15.9 Å². The largest absolute Gasteiger partial charge is 0.336 e. The normalized spacial score (nSPS) is 10.4. The van der Waals surface area contributed by atoms with Crippen LogP contribution in [0.25, 0.3) is 0 Å². The van der Waals surface area contributed by atoms with Crippen LogP contribution in [-0.2, 0) is 5.33 Å². The Hall–Kier alpha value is -1.95. The van der Waals surface area contributed by atoms with Crippen LogP contribution in [0.15, 0.2) is 42.5 Å². The van der Waals surface area contributed by atoms with Crippen molar-refractivity contribution in [3.05, 3.63) is 64.0 Å². The van der Waals surface area contributed by atoms with Crippen LogP contribution in [0.5, 0.6) is 0 Å². The van der Waals surface area contributed by atoms with Gasteiger partial charge in [-0.2, -0.15) is 0 Å². The van der Waals surface area contributed by atoms with Crippen LogP contribution in [0.4, 0.5) is 21.5 Å². The molecule has 0 fully saturated rings. The van der Waals surface area contributed by atoms with Crippen molar-refractivity contribution < 1.29 is 9.31 Å². The molecule has 0 saturated carbocycles. The van der Waals surface area contributed by atoms with Gasteiger partial charge in [0.2, 0.25) is 0 Å². The first kappa shape index (κ1) is 15.4. The molecular weight excluding hydrogens is 339 g/mol. The Balaban J connectivity index is 2.51. The highest BCUT2D eigenvalue weighted by Crippen LogP contribution is 2.34. The van der Waals surface area contributed by atoms with Gasteiger partial charge < -0.3 is 4.90 Å². The van der Waals surface area contributed by atoms with Gasteiger partial charge in [-0.05, 0) is 42.8 Å². The van der Waals surface area contributed by atoms with Crippen molar-refractivity contribution in [2.75, 3.05) is 11.4 Å². The number of hydrogen-bond acceptors (Lipinski definition) is 3. The molecule has 2 aromatic carbocycles. The molecule has 0 aromatic heterocycles. The van der Waals surface area contributed by atoms with E-state index >= 15 is 0 Å². The number of nitro benzene ring substituents is 1. The first-order chi connectivity index (χ1) is 10.1. The molecule has 21 heavy (non-hydrogen) atoms. The van der Waals surface area contributed by atoms with Crippen molar-refractivity contribution in [1.29, 1.82) is 0 Å².